The summed E-state index contributed by atoms with van der Waals surface area (Å²) < 4.78 is 0. The molecule has 3 nitrogen and oxygen atoms in total. The minimum Gasteiger partial charge on any atom is -0.264 e. The highest BCUT2D eigenvalue weighted by Crippen LogP contribution is 2.38. The Hall–Kier alpha value is -1.64. The molecule has 0 spiro atoms. The molecule has 0 radical (unpaired) electrons. The average molecular weight is 231 g/mol. The van der Waals surface area contributed by atoms with Crippen molar-refractivity contribution in [2.24, 2.45) is 0 Å². The van der Waals surface area contributed by atoms with Crippen LogP contribution < -0.4 is 0 Å². The third kappa shape index (κ3) is 2.38. The maximum Gasteiger partial charge on any atom is 0.216 e. The second kappa shape index (κ2) is 4.70. The molecule has 17 heavy (non-hydrogen) atoms. The smallest absolute Gasteiger partial charge is 0.216 e. The van der Waals surface area contributed by atoms with Crippen LogP contribution in [0.5, 0.6) is 0 Å². The molecule has 2 rings (SSSR count). The van der Waals surface area contributed by atoms with Gasteiger partial charge in [0, 0.05) is 23.7 Å². The lowest BCUT2D eigenvalue weighted by Crippen LogP contribution is -2.26. The van der Waals surface area contributed by atoms with Gasteiger partial charge in [0.15, 0.2) is 0 Å². The minimum atomic E-state index is -0.428. The third-order valence-corrected chi connectivity index (χ3v) is 3.64. The zero-order chi connectivity index (χ0) is 12.4. The zero-order valence-corrected chi connectivity index (χ0v) is 10.1. The maximum absolute atomic E-state index is 10.8. The second-order valence-corrected chi connectivity index (χ2v) is 4.79. The molecule has 1 aliphatic carbocycles. The summed E-state index contributed by atoms with van der Waals surface area (Å²) in [6.07, 6.45) is 2.02. The largest absolute Gasteiger partial charge is 0.264 e. The van der Waals surface area contributed by atoms with Crippen LogP contribution in [-0.2, 0) is 0 Å². The van der Waals surface area contributed by atoms with Gasteiger partial charge in [-0.05, 0) is 24.5 Å². The molecule has 0 aromatic heterocycles. The van der Waals surface area contributed by atoms with Gasteiger partial charge in [-0.25, -0.2) is 0 Å². The van der Waals surface area contributed by atoms with Gasteiger partial charge in [0.2, 0.25) is 6.04 Å². The van der Waals surface area contributed by atoms with Gasteiger partial charge in [0.25, 0.3) is 0 Å². The van der Waals surface area contributed by atoms with E-state index >= 15 is 0 Å². The molecule has 2 atom stereocenters. The van der Waals surface area contributed by atoms with Gasteiger partial charge in [-0.15, -0.1) is 0 Å². The fourth-order valence-corrected chi connectivity index (χ4v) is 2.64. The number of hydrogen-bond donors (Lipinski definition) is 0. The van der Waals surface area contributed by atoms with Crippen molar-refractivity contribution in [2.75, 3.05) is 0 Å². The molecule has 2 unspecified atom stereocenters. The highest BCUT2D eigenvalue weighted by Gasteiger charge is 2.32. The van der Waals surface area contributed by atoms with Crippen LogP contribution >= 0.6 is 0 Å². The lowest BCUT2D eigenvalue weighted by molar-refractivity contribution is -0.524. The first-order valence-electron chi connectivity index (χ1n) is 5.96. The summed E-state index contributed by atoms with van der Waals surface area (Å²) >= 11 is 0. The topological polar surface area (TPSA) is 43.1 Å². The summed E-state index contributed by atoms with van der Waals surface area (Å²) in [5, 5.41) is 10.8. The fourth-order valence-electron chi connectivity index (χ4n) is 2.64. The van der Waals surface area contributed by atoms with Crippen molar-refractivity contribution in [3.63, 3.8) is 0 Å². The van der Waals surface area contributed by atoms with Crippen LogP contribution in [0.15, 0.2) is 36.4 Å². The molecule has 0 amide bonds. The van der Waals surface area contributed by atoms with E-state index in [1.54, 1.807) is 0 Å². The summed E-state index contributed by atoms with van der Waals surface area (Å²) in [4.78, 5) is 10.6. The van der Waals surface area contributed by atoms with Crippen LogP contribution in [-0.4, -0.2) is 11.0 Å². The summed E-state index contributed by atoms with van der Waals surface area (Å²) in [6, 6.07) is 7.81. The highest BCUT2D eigenvalue weighted by molar-refractivity contribution is 5.35. The lowest BCUT2D eigenvalue weighted by atomic mass is 9.77. The van der Waals surface area contributed by atoms with Gasteiger partial charge in [-0.2, -0.15) is 0 Å². The number of rotatable bonds is 2. The molecule has 0 aliphatic heterocycles. The molecule has 3 heteroatoms. The van der Waals surface area contributed by atoms with E-state index in [0.717, 1.165) is 12.0 Å². The number of nitro groups is 1. The Bertz CT molecular complexity index is 453. The average Bonchev–Trinajstić information content (AvgIpc) is 2.30. The van der Waals surface area contributed by atoms with Gasteiger partial charge in [-0.1, -0.05) is 36.4 Å². The normalized spacial score (nSPS) is 24.6. The van der Waals surface area contributed by atoms with Crippen LogP contribution in [0.2, 0.25) is 0 Å². The summed E-state index contributed by atoms with van der Waals surface area (Å²) in [7, 11) is 0. The molecular weight excluding hydrogens is 214 g/mol. The molecule has 1 fully saturated rings. The first kappa shape index (κ1) is 11.8. The molecular formula is C14H17NO2. The summed E-state index contributed by atoms with van der Waals surface area (Å²) in [5.41, 5.74) is 3.53. The molecule has 0 heterocycles. The number of nitrogens with zero attached hydrogens (tertiary/aromatic N) is 1. The summed E-state index contributed by atoms with van der Waals surface area (Å²) in [5.74, 6) is 0.299. The van der Waals surface area contributed by atoms with Gasteiger partial charge in [0.05, 0.1) is 0 Å². The van der Waals surface area contributed by atoms with Crippen LogP contribution in [0.3, 0.4) is 0 Å². The Morgan fingerprint density at radius 3 is 2.65 bits per heavy atom. The van der Waals surface area contributed by atoms with E-state index in [-0.39, 0.29) is 4.92 Å². The van der Waals surface area contributed by atoms with E-state index in [9.17, 15) is 10.1 Å². The zero-order valence-electron chi connectivity index (χ0n) is 10.1. The van der Waals surface area contributed by atoms with E-state index < -0.39 is 6.04 Å². The maximum atomic E-state index is 10.8. The molecule has 0 N–H and O–H groups in total. The Kier molecular flexibility index (Phi) is 3.27. The van der Waals surface area contributed by atoms with Crippen molar-refractivity contribution in [1.82, 2.24) is 0 Å². The number of aryl methyl sites for hydroxylation is 1. The quantitative estimate of drug-likeness (QED) is 0.444. The Labute approximate surface area is 101 Å². The first-order chi connectivity index (χ1) is 8.09. The van der Waals surface area contributed by atoms with E-state index in [1.165, 1.54) is 11.1 Å². The van der Waals surface area contributed by atoms with Crippen LogP contribution in [0, 0.1) is 17.0 Å². The first-order valence-corrected chi connectivity index (χ1v) is 5.96. The molecule has 1 aromatic carbocycles. The molecule has 1 saturated carbocycles. The van der Waals surface area contributed by atoms with Gasteiger partial charge in [0.1, 0.15) is 0 Å². The van der Waals surface area contributed by atoms with Gasteiger partial charge in [-0.3, -0.25) is 10.1 Å². The monoisotopic (exact) mass is 231 g/mol. The minimum absolute atomic E-state index is 0.167. The van der Waals surface area contributed by atoms with Crippen molar-refractivity contribution < 1.29 is 4.92 Å². The van der Waals surface area contributed by atoms with E-state index in [1.807, 2.05) is 12.1 Å². The SMILES string of the molecule is C=C1CC([N+](=O)[O-])CCC1c1ccccc1C. The van der Waals surface area contributed by atoms with E-state index in [4.69, 9.17) is 0 Å². The van der Waals surface area contributed by atoms with Crippen molar-refractivity contribution in [1.29, 1.82) is 0 Å². The number of hydrogen-bond acceptors (Lipinski definition) is 2. The van der Waals surface area contributed by atoms with Crippen molar-refractivity contribution in [3.05, 3.63) is 57.7 Å². The lowest BCUT2D eigenvalue weighted by Gasteiger charge is -2.27. The number of benzene rings is 1. The van der Waals surface area contributed by atoms with Gasteiger partial charge < -0.3 is 0 Å². The summed E-state index contributed by atoms with van der Waals surface area (Å²) in [6.45, 7) is 6.13. The Morgan fingerprint density at radius 1 is 1.35 bits per heavy atom. The highest BCUT2D eigenvalue weighted by atomic mass is 16.6. The van der Waals surface area contributed by atoms with Crippen LogP contribution in [0.4, 0.5) is 0 Å². The predicted octanol–water partition coefficient (Wildman–Crippen LogP) is 3.46. The Morgan fingerprint density at radius 2 is 2.06 bits per heavy atom. The van der Waals surface area contributed by atoms with Crippen LogP contribution in [0.25, 0.3) is 0 Å². The van der Waals surface area contributed by atoms with E-state index in [2.05, 4.69) is 25.6 Å². The standard InChI is InChI=1S/C14H17NO2/c1-10-5-3-4-6-13(10)14-8-7-12(15(16)17)9-11(14)2/h3-6,12,14H,2,7-9H2,1H3. The van der Waals surface area contributed by atoms with Crippen LogP contribution in [0.1, 0.15) is 36.3 Å². The van der Waals surface area contributed by atoms with E-state index in [0.29, 0.717) is 18.8 Å². The predicted molar refractivity (Wildman–Crippen MR) is 67.7 cm³/mol. The fraction of sp³-hybridized carbons (Fsp3) is 0.429. The molecule has 0 saturated heterocycles. The third-order valence-electron chi connectivity index (χ3n) is 3.64. The van der Waals surface area contributed by atoms with Gasteiger partial charge >= 0.3 is 0 Å². The molecule has 1 aromatic rings. The Balaban J connectivity index is 2.18. The molecule has 90 valence electrons. The van der Waals surface area contributed by atoms with Crippen molar-refractivity contribution in [2.45, 2.75) is 38.1 Å². The van der Waals surface area contributed by atoms with Crippen molar-refractivity contribution in [3.8, 4) is 0 Å². The van der Waals surface area contributed by atoms with Crippen molar-refractivity contribution >= 4 is 0 Å². The second-order valence-electron chi connectivity index (χ2n) is 4.79. The molecule has 0 bridgehead atoms. The molecule has 1 aliphatic rings.